The normalized spacial score (nSPS) is 16.6. The standard InChI is InChI=1S/C33H33NO6/c1-22-30(33(36)39-19-18-38-25-12-7-4-8-13-25)31(32-26(34-22)14-9-15-27(32)35)24-16-17-28(29(20-24)37-2)40-21-23-10-5-3-6-11-23/h3-8,10-13,16-17,20,31,34H,9,14-15,18-19,21H2,1-2H3. The van der Waals surface area contributed by atoms with Gasteiger partial charge in [0, 0.05) is 29.3 Å². The molecule has 0 amide bonds. The van der Waals surface area contributed by atoms with E-state index in [1.54, 1.807) is 7.11 Å². The third-order valence-electron chi connectivity index (χ3n) is 7.08. The van der Waals surface area contributed by atoms with Crippen LogP contribution in [0, 0.1) is 0 Å². The van der Waals surface area contributed by atoms with Crippen molar-refractivity contribution in [1.29, 1.82) is 0 Å². The summed E-state index contributed by atoms with van der Waals surface area (Å²) in [4.78, 5) is 26.7. The Morgan fingerprint density at radius 2 is 1.65 bits per heavy atom. The molecule has 7 heteroatoms. The van der Waals surface area contributed by atoms with Crippen LogP contribution in [0.15, 0.2) is 101 Å². The van der Waals surface area contributed by atoms with E-state index in [0.29, 0.717) is 47.1 Å². The summed E-state index contributed by atoms with van der Waals surface area (Å²) in [6.45, 7) is 2.53. The van der Waals surface area contributed by atoms with Crippen molar-refractivity contribution in [2.24, 2.45) is 0 Å². The number of dihydropyridines is 1. The Bertz CT molecular complexity index is 1430. The first kappa shape index (κ1) is 27.1. The van der Waals surface area contributed by atoms with Gasteiger partial charge >= 0.3 is 5.97 Å². The van der Waals surface area contributed by atoms with Crippen molar-refractivity contribution in [3.8, 4) is 17.2 Å². The van der Waals surface area contributed by atoms with Crippen molar-refractivity contribution in [1.82, 2.24) is 5.32 Å². The molecule has 2 aliphatic rings. The van der Waals surface area contributed by atoms with Crippen molar-refractivity contribution in [3.63, 3.8) is 0 Å². The van der Waals surface area contributed by atoms with Gasteiger partial charge in [0.05, 0.1) is 12.7 Å². The summed E-state index contributed by atoms with van der Waals surface area (Å²) in [6, 6.07) is 24.8. The Kier molecular flexibility index (Phi) is 8.50. The average molecular weight is 540 g/mol. The van der Waals surface area contributed by atoms with Crippen LogP contribution in [0.4, 0.5) is 0 Å². The molecule has 0 bridgehead atoms. The van der Waals surface area contributed by atoms with E-state index in [4.69, 9.17) is 18.9 Å². The van der Waals surface area contributed by atoms with Crippen LogP contribution in [0.5, 0.6) is 17.2 Å². The highest BCUT2D eigenvalue weighted by atomic mass is 16.6. The highest BCUT2D eigenvalue weighted by Gasteiger charge is 2.39. The fourth-order valence-corrected chi connectivity index (χ4v) is 5.19. The lowest BCUT2D eigenvalue weighted by Gasteiger charge is -2.34. The number of para-hydroxylation sites is 1. The molecule has 7 nitrogen and oxygen atoms in total. The van der Waals surface area contributed by atoms with Crippen LogP contribution in [0.25, 0.3) is 0 Å². The summed E-state index contributed by atoms with van der Waals surface area (Å²) in [5.41, 5.74) is 4.37. The molecule has 1 heterocycles. The molecule has 3 aromatic rings. The number of rotatable bonds is 10. The zero-order valence-electron chi connectivity index (χ0n) is 22.8. The SMILES string of the molecule is COc1cc(C2C(C(=O)OCCOc3ccccc3)=C(C)NC3=C2C(=O)CCC3)ccc1OCc1ccccc1. The molecule has 3 aromatic carbocycles. The summed E-state index contributed by atoms with van der Waals surface area (Å²) < 4.78 is 23.1. The number of benzene rings is 3. The van der Waals surface area contributed by atoms with E-state index in [2.05, 4.69) is 5.32 Å². The number of carbonyl (C=O) groups excluding carboxylic acids is 2. The van der Waals surface area contributed by atoms with E-state index in [1.165, 1.54) is 0 Å². The Labute approximate surface area is 234 Å². The van der Waals surface area contributed by atoms with Crippen molar-refractivity contribution < 1.29 is 28.5 Å². The first-order valence-corrected chi connectivity index (χ1v) is 13.5. The molecule has 40 heavy (non-hydrogen) atoms. The van der Waals surface area contributed by atoms with Crippen LogP contribution >= 0.6 is 0 Å². The smallest absolute Gasteiger partial charge is 0.336 e. The molecule has 0 saturated carbocycles. The van der Waals surface area contributed by atoms with Crippen molar-refractivity contribution in [2.45, 2.75) is 38.7 Å². The van der Waals surface area contributed by atoms with E-state index in [0.717, 1.165) is 29.7 Å². The molecular formula is C33H33NO6. The van der Waals surface area contributed by atoms with Crippen LogP contribution in [0.1, 0.15) is 43.2 Å². The second-order valence-electron chi connectivity index (χ2n) is 9.75. The number of allylic oxidation sites excluding steroid dienone is 3. The van der Waals surface area contributed by atoms with Gasteiger partial charge in [-0.2, -0.15) is 0 Å². The number of hydrogen-bond acceptors (Lipinski definition) is 7. The van der Waals surface area contributed by atoms with Crippen LogP contribution < -0.4 is 19.5 Å². The zero-order chi connectivity index (χ0) is 27.9. The summed E-state index contributed by atoms with van der Waals surface area (Å²) >= 11 is 0. The Balaban J connectivity index is 1.40. The minimum atomic E-state index is -0.580. The first-order chi connectivity index (χ1) is 19.5. The van der Waals surface area contributed by atoms with E-state index in [-0.39, 0.29) is 19.0 Å². The maximum atomic E-state index is 13.5. The third-order valence-corrected chi connectivity index (χ3v) is 7.08. The van der Waals surface area contributed by atoms with Crippen LogP contribution in [-0.2, 0) is 20.9 Å². The molecular weight excluding hydrogens is 506 g/mol. The molecule has 0 radical (unpaired) electrons. The lowest BCUT2D eigenvalue weighted by molar-refractivity contribution is -0.140. The number of esters is 1. The number of ether oxygens (including phenoxy) is 4. The lowest BCUT2D eigenvalue weighted by atomic mass is 9.75. The molecule has 1 N–H and O–H groups in total. The fourth-order valence-electron chi connectivity index (χ4n) is 5.19. The molecule has 206 valence electrons. The van der Waals surface area contributed by atoms with Gasteiger partial charge in [0.1, 0.15) is 25.6 Å². The monoisotopic (exact) mass is 539 g/mol. The van der Waals surface area contributed by atoms with Crippen molar-refractivity contribution in [2.75, 3.05) is 20.3 Å². The van der Waals surface area contributed by atoms with Crippen molar-refractivity contribution in [3.05, 3.63) is 113 Å². The zero-order valence-corrected chi connectivity index (χ0v) is 22.8. The summed E-state index contributed by atoms with van der Waals surface area (Å²) in [6.07, 6.45) is 1.97. The minimum Gasteiger partial charge on any atom is -0.493 e. The van der Waals surface area contributed by atoms with E-state index >= 15 is 0 Å². The Morgan fingerprint density at radius 3 is 2.40 bits per heavy atom. The van der Waals surface area contributed by atoms with Crippen LogP contribution in [0.2, 0.25) is 0 Å². The average Bonchev–Trinajstić information content (AvgIpc) is 2.98. The number of ketones is 1. The summed E-state index contributed by atoms with van der Waals surface area (Å²) in [5, 5.41) is 3.32. The summed E-state index contributed by atoms with van der Waals surface area (Å²) in [5.74, 6) is 0.779. The van der Waals surface area contributed by atoms with Gasteiger partial charge < -0.3 is 24.3 Å². The molecule has 5 rings (SSSR count). The minimum absolute atomic E-state index is 0.0346. The molecule has 1 aliphatic heterocycles. The number of hydrogen-bond donors (Lipinski definition) is 1. The number of nitrogens with one attached hydrogen (secondary N) is 1. The van der Waals surface area contributed by atoms with E-state index in [9.17, 15) is 9.59 Å². The van der Waals surface area contributed by atoms with E-state index in [1.807, 2.05) is 85.8 Å². The van der Waals surface area contributed by atoms with E-state index < -0.39 is 11.9 Å². The molecule has 0 aromatic heterocycles. The molecule has 0 saturated heterocycles. The first-order valence-electron chi connectivity index (χ1n) is 13.5. The van der Waals surface area contributed by atoms with Gasteiger partial charge in [0.15, 0.2) is 17.3 Å². The van der Waals surface area contributed by atoms with Gasteiger partial charge in [-0.1, -0.05) is 54.6 Å². The van der Waals surface area contributed by atoms with Gasteiger partial charge in [-0.05, 0) is 55.2 Å². The predicted molar refractivity (Wildman–Crippen MR) is 151 cm³/mol. The van der Waals surface area contributed by atoms with Gasteiger partial charge in [-0.25, -0.2) is 4.79 Å². The second-order valence-corrected chi connectivity index (χ2v) is 9.75. The van der Waals surface area contributed by atoms with Crippen molar-refractivity contribution >= 4 is 11.8 Å². The highest BCUT2D eigenvalue weighted by molar-refractivity contribution is 6.03. The number of methoxy groups -OCH3 is 1. The van der Waals surface area contributed by atoms with Gasteiger partial charge in [-0.3, -0.25) is 4.79 Å². The molecule has 0 fully saturated rings. The van der Waals surface area contributed by atoms with Crippen LogP contribution in [-0.4, -0.2) is 32.1 Å². The molecule has 1 atom stereocenters. The third kappa shape index (κ3) is 6.04. The molecule has 0 spiro atoms. The Hall–Kier alpha value is -4.52. The quantitative estimate of drug-likeness (QED) is 0.255. The lowest BCUT2D eigenvalue weighted by Crippen LogP contribution is -2.34. The molecule has 1 aliphatic carbocycles. The number of Topliss-reactive ketones (excluding diaryl/α,β-unsaturated/α-hetero) is 1. The predicted octanol–water partition coefficient (Wildman–Crippen LogP) is 5.86. The fraction of sp³-hybridized carbons (Fsp3) is 0.273. The van der Waals surface area contributed by atoms with Gasteiger partial charge in [-0.15, -0.1) is 0 Å². The number of carbonyl (C=O) groups is 2. The van der Waals surface area contributed by atoms with Gasteiger partial charge in [0.2, 0.25) is 0 Å². The molecule has 1 unspecified atom stereocenters. The second kappa shape index (κ2) is 12.6. The topological polar surface area (TPSA) is 83.1 Å². The maximum absolute atomic E-state index is 13.5. The summed E-state index contributed by atoms with van der Waals surface area (Å²) in [7, 11) is 1.58. The van der Waals surface area contributed by atoms with Crippen LogP contribution in [0.3, 0.4) is 0 Å². The Morgan fingerprint density at radius 1 is 0.900 bits per heavy atom. The largest absolute Gasteiger partial charge is 0.493 e. The maximum Gasteiger partial charge on any atom is 0.336 e. The highest BCUT2D eigenvalue weighted by Crippen LogP contribution is 2.44. The van der Waals surface area contributed by atoms with Gasteiger partial charge in [0.25, 0.3) is 0 Å².